The molecule has 84 valence electrons. The molecular weight excluding hydrogens is 207 g/mol. The molecule has 2 N–H and O–H groups in total. The molecule has 0 saturated heterocycles. The molecule has 1 aliphatic carbocycles. The van der Waals surface area contributed by atoms with Gasteiger partial charge in [0.05, 0.1) is 0 Å². The number of nitrogens with two attached hydrogens (primary N) is 1. The Balaban J connectivity index is 2.50. The van der Waals surface area contributed by atoms with Gasteiger partial charge in [-0.15, -0.1) is 0 Å². The molecule has 0 amide bonds. The summed E-state index contributed by atoms with van der Waals surface area (Å²) in [6.45, 7) is 0. The Hall–Kier alpha value is -1.04. The normalized spacial score (nSPS) is 21.5. The van der Waals surface area contributed by atoms with Crippen molar-refractivity contribution < 1.29 is 13.2 Å². The van der Waals surface area contributed by atoms with E-state index < -0.39 is 11.9 Å². The van der Waals surface area contributed by atoms with Crippen LogP contribution in [0.4, 0.5) is 13.2 Å². The van der Waals surface area contributed by atoms with Crippen LogP contribution in [0.15, 0.2) is 0 Å². The number of fused-ring (bicyclic) bond motifs is 1. The van der Waals surface area contributed by atoms with E-state index in [1.807, 2.05) is 0 Å². The van der Waals surface area contributed by atoms with Crippen LogP contribution < -0.4 is 5.73 Å². The zero-order chi connectivity index (χ0) is 11.2. The average molecular weight is 219 g/mol. The van der Waals surface area contributed by atoms with E-state index in [1.54, 1.807) is 7.05 Å². The van der Waals surface area contributed by atoms with Gasteiger partial charge >= 0.3 is 6.18 Å². The molecule has 1 aromatic rings. The maximum Gasteiger partial charge on any atom is 0.435 e. The first-order chi connectivity index (χ1) is 6.89. The Kier molecular flexibility index (Phi) is 2.26. The molecule has 6 heteroatoms. The van der Waals surface area contributed by atoms with Crippen molar-refractivity contribution in [3.63, 3.8) is 0 Å². The van der Waals surface area contributed by atoms with E-state index in [0.29, 0.717) is 12.1 Å². The third kappa shape index (κ3) is 1.73. The van der Waals surface area contributed by atoms with Crippen molar-refractivity contribution >= 4 is 0 Å². The average Bonchev–Trinajstić information content (AvgIpc) is 2.42. The predicted octanol–water partition coefficient (Wildman–Crippen LogP) is 1.25. The Labute approximate surface area is 85.1 Å². The molecule has 0 aliphatic heterocycles. The predicted molar refractivity (Wildman–Crippen MR) is 48.2 cm³/mol. The number of nitrogens with zero attached hydrogens (tertiary/aromatic N) is 2. The minimum atomic E-state index is -4.37. The van der Waals surface area contributed by atoms with Crippen LogP contribution in [0, 0.1) is 0 Å². The van der Waals surface area contributed by atoms with Crippen LogP contribution in [0.5, 0.6) is 0 Å². The molecule has 0 radical (unpaired) electrons. The minimum absolute atomic E-state index is 0.178. The van der Waals surface area contributed by atoms with Crippen LogP contribution in [-0.4, -0.2) is 15.8 Å². The maximum absolute atomic E-state index is 12.6. The molecule has 1 heterocycles. The molecule has 1 aromatic heterocycles. The zero-order valence-corrected chi connectivity index (χ0v) is 8.30. The van der Waals surface area contributed by atoms with E-state index in [1.165, 1.54) is 4.68 Å². The zero-order valence-electron chi connectivity index (χ0n) is 8.30. The lowest BCUT2D eigenvalue weighted by atomic mass is 9.92. The molecule has 1 aliphatic rings. The lowest BCUT2D eigenvalue weighted by molar-refractivity contribution is -0.142. The van der Waals surface area contributed by atoms with Crippen LogP contribution >= 0.6 is 0 Å². The highest BCUT2D eigenvalue weighted by atomic mass is 19.4. The van der Waals surface area contributed by atoms with Gasteiger partial charge in [-0.3, -0.25) is 4.68 Å². The van der Waals surface area contributed by atoms with Crippen molar-refractivity contribution in [2.45, 2.75) is 31.5 Å². The summed E-state index contributed by atoms with van der Waals surface area (Å²) in [7, 11) is 1.55. The highest BCUT2D eigenvalue weighted by molar-refractivity contribution is 5.31. The van der Waals surface area contributed by atoms with E-state index in [4.69, 9.17) is 5.73 Å². The minimum Gasteiger partial charge on any atom is -0.327 e. The second-order valence-corrected chi connectivity index (χ2v) is 3.90. The molecule has 1 atom stereocenters. The summed E-state index contributed by atoms with van der Waals surface area (Å²) >= 11 is 0. The van der Waals surface area contributed by atoms with Crippen LogP contribution in [0.3, 0.4) is 0 Å². The Morgan fingerprint density at radius 2 is 2.13 bits per heavy atom. The van der Waals surface area contributed by atoms with Crippen molar-refractivity contribution in [2.24, 2.45) is 12.8 Å². The summed E-state index contributed by atoms with van der Waals surface area (Å²) in [5.41, 5.74) is 5.85. The van der Waals surface area contributed by atoms with Gasteiger partial charge in [0.1, 0.15) is 0 Å². The van der Waals surface area contributed by atoms with E-state index >= 15 is 0 Å². The molecule has 0 spiro atoms. The van der Waals surface area contributed by atoms with Gasteiger partial charge in [0.25, 0.3) is 0 Å². The van der Waals surface area contributed by atoms with Crippen molar-refractivity contribution in [1.29, 1.82) is 0 Å². The van der Waals surface area contributed by atoms with Crippen LogP contribution in [0.2, 0.25) is 0 Å². The van der Waals surface area contributed by atoms with Gasteiger partial charge in [0, 0.05) is 24.3 Å². The largest absolute Gasteiger partial charge is 0.435 e. The van der Waals surface area contributed by atoms with Gasteiger partial charge in [-0.1, -0.05) is 0 Å². The summed E-state index contributed by atoms with van der Waals surface area (Å²) in [6, 6.07) is -0.178. The first kappa shape index (κ1) is 10.5. The van der Waals surface area contributed by atoms with Crippen molar-refractivity contribution in [1.82, 2.24) is 9.78 Å². The SMILES string of the molecule is Cn1nc(C(F)(F)F)c2c1CC[C@H](N)C2. The van der Waals surface area contributed by atoms with Gasteiger partial charge in [-0.25, -0.2) is 0 Å². The summed E-state index contributed by atoms with van der Waals surface area (Å²) in [4.78, 5) is 0. The van der Waals surface area contributed by atoms with E-state index in [-0.39, 0.29) is 18.0 Å². The molecular formula is C9H12F3N3. The fraction of sp³-hybridized carbons (Fsp3) is 0.667. The third-order valence-electron chi connectivity index (χ3n) is 2.76. The quantitative estimate of drug-likeness (QED) is 0.713. The molecule has 0 aromatic carbocycles. The number of aromatic nitrogens is 2. The van der Waals surface area contributed by atoms with Gasteiger partial charge in [0.15, 0.2) is 5.69 Å². The Morgan fingerprint density at radius 1 is 1.47 bits per heavy atom. The van der Waals surface area contributed by atoms with Gasteiger partial charge in [-0.05, 0) is 19.3 Å². The van der Waals surface area contributed by atoms with Gasteiger partial charge < -0.3 is 5.73 Å². The smallest absolute Gasteiger partial charge is 0.327 e. The lowest BCUT2D eigenvalue weighted by Crippen LogP contribution is -2.29. The topological polar surface area (TPSA) is 43.8 Å². The van der Waals surface area contributed by atoms with E-state index in [2.05, 4.69) is 5.10 Å². The highest BCUT2D eigenvalue weighted by Crippen LogP contribution is 2.35. The molecule has 2 rings (SSSR count). The number of aryl methyl sites for hydroxylation is 1. The standard InChI is InChI=1S/C9H12F3N3/c1-15-7-3-2-5(13)4-6(7)8(14-15)9(10,11)12/h5H,2-4,13H2,1H3/t5-/m0/s1. The first-order valence-electron chi connectivity index (χ1n) is 4.77. The number of hydrogen-bond donors (Lipinski definition) is 1. The first-order valence-corrected chi connectivity index (χ1v) is 4.77. The Morgan fingerprint density at radius 3 is 2.73 bits per heavy atom. The second-order valence-electron chi connectivity index (χ2n) is 3.90. The van der Waals surface area contributed by atoms with E-state index in [0.717, 1.165) is 6.42 Å². The number of alkyl halides is 3. The van der Waals surface area contributed by atoms with Gasteiger partial charge in [-0.2, -0.15) is 18.3 Å². The third-order valence-corrected chi connectivity index (χ3v) is 2.76. The lowest BCUT2D eigenvalue weighted by Gasteiger charge is -2.19. The fourth-order valence-corrected chi connectivity index (χ4v) is 2.04. The molecule has 0 bridgehead atoms. The monoisotopic (exact) mass is 219 g/mol. The van der Waals surface area contributed by atoms with Crippen LogP contribution in [0.25, 0.3) is 0 Å². The summed E-state index contributed by atoms with van der Waals surface area (Å²) in [5.74, 6) is 0. The fourth-order valence-electron chi connectivity index (χ4n) is 2.04. The number of halogens is 3. The van der Waals surface area contributed by atoms with Crippen LogP contribution in [0.1, 0.15) is 23.4 Å². The van der Waals surface area contributed by atoms with Crippen LogP contribution in [-0.2, 0) is 26.1 Å². The summed E-state index contributed by atoms with van der Waals surface area (Å²) in [5, 5.41) is 3.53. The summed E-state index contributed by atoms with van der Waals surface area (Å²) in [6.07, 6.45) is -2.79. The molecule has 0 unspecified atom stereocenters. The summed E-state index contributed by atoms with van der Waals surface area (Å²) < 4.78 is 39.1. The van der Waals surface area contributed by atoms with E-state index in [9.17, 15) is 13.2 Å². The Bertz CT molecular complexity index is 381. The van der Waals surface area contributed by atoms with Crippen molar-refractivity contribution in [3.05, 3.63) is 17.0 Å². The molecule has 3 nitrogen and oxygen atoms in total. The molecule has 0 fully saturated rings. The second kappa shape index (κ2) is 3.23. The molecule has 0 saturated carbocycles. The number of rotatable bonds is 0. The van der Waals surface area contributed by atoms with Crippen molar-refractivity contribution in [2.75, 3.05) is 0 Å². The van der Waals surface area contributed by atoms with Crippen molar-refractivity contribution in [3.8, 4) is 0 Å². The number of hydrogen-bond acceptors (Lipinski definition) is 2. The van der Waals surface area contributed by atoms with Gasteiger partial charge in [0.2, 0.25) is 0 Å². The maximum atomic E-state index is 12.6. The highest BCUT2D eigenvalue weighted by Gasteiger charge is 2.39. The molecule has 15 heavy (non-hydrogen) atoms.